The maximum atomic E-state index is 13.7. The van der Waals surface area contributed by atoms with Gasteiger partial charge in [-0.3, -0.25) is 4.72 Å². The van der Waals surface area contributed by atoms with Crippen molar-refractivity contribution in [3.05, 3.63) is 84.2 Å². The van der Waals surface area contributed by atoms with E-state index in [0.717, 1.165) is 5.56 Å². The number of rotatable bonds is 5. The van der Waals surface area contributed by atoms with E-state index in [1.54, 1.807) is 42.5 Å². The molecule has 5 nitrogen and oxygen atoms in total. The smallest absolute Gasteiger partial charge is 0.261 e. The number of benzene rings is 3. The number of sulfonamides is 1. The van der Waals surface area contributed by atoms with Crippen LogP contribution in [0.2, 0.25) is 0 Å². The van der Waals surface area contributed by atoms with Gasteiger partial charge < -0.3 is 10.6 Å². The van der Waals surface area contributed by atoms with Gasteiger partial charge in [0.1, 0.15) is 5.82 Å². The van der Waals surface area contributed by atoms with Gasteiger partial charge in [0.05, 0.1) is 16.3 Å². The molecule has 0 saturated heterocycles. The van der Waals surface area contributed by atoms with Gasteiger partial charge in [-0.2, -0.15) is 0 Å². The lowest BCUT2D eigenvalue weighted by Crippen LogP contribution is -2.20. The Morgan fingerprint density at radius 1 is 0.857 bits per heavy atom. The molecule has 3 N–H and O–H groups in total. The highest BCUT2D eigenvalue weighted by Gasteiger charge is 2.15. The lowest BCUT2D eigenvalue weighted by Gasteiger charge is -2.13. The maximum absolute atomic E-state index is 13.7. The number of thiocarbonyl (C=S) groups is 1. The molecule has 0 unspecified atom stereocenters. The van der Waals surface area contributed by atoms with Crippen LogP contribution < -0.4 is 15.4 Å². The van der Waals surface area contributed by atoms with E-state index < -0.39 is 15.8 Å². The van der Waals surface area contributed by atoms with Crippen LogP contribution in [0, 0.1) is 12.7 Å². The van der Waals surface area contributed by atoms with Crippen LogP contribution in [0.4, 0.5) is 21.5 Å². The molecule has 3 rings (SSSR count). The first-order valence-corrected chi connectivity index (χ1v) is 10.3. The fraction of sp³-hybridized carbons (Fsp3) is 0.0500. The molecule has 144 valence electrons. The Morgan fingerprint density at radius 3 is 2.11 bits per heavy atom. The van der Waals surface area contributed by atoms with Crippen molar-refractivity contribution in [1.29, 1.82) is 0 Å². The van der Waals surface area contributed by atoms with Crippen molar-refractivity contribution in [3.8, 4) is 0 Å². The van der Waals surface area contributed by atoms with Crippen molar-refractivity contribution in [2.45, 2.75) is 11.8 Å². The Morgan fingerprint density at radius 2 is 1.46 bits per heavy atom. The highest BCUT2D eigenvalue weighted by Crippen LogP contribution is 2.21. The van der Waals surface area contributed by atoms with Crippen LogP contribution >= 0.6 is 12.2 Å². The van der Waals surface area contributed by atoms with Crippen LogP contribution in [0.1, 0.15) is 5.56 Å². The molecule has 0 bridgehead atoms. The van der Waals surface area contributed by atoms with Crippen molar-refractivity contribution in [2.24, 2.45) is 0 Å². The molecule has 0 spiro atoms. The quantitative estimate of drug-likeness (QED) is 0.525. The molecule has 8 heteroatoms. The first-order chi connectivity index (χ1) is 13.3. The molecule has 0 heterocycles. The first kappa shape index (κ1) is 19.8. The third-order valence-electron chi connectivity index (χ3n) is 3.93. The van der Waals surface area contributed by atoms with E-state index >= 15 is 0 Å². The topological polar surface area (TPSA) is 70.2 Å². The number of hydrogen-bond donors (Lipinski definition) is 3. The summed E-state index contributed by atoms with van der Waals surface area (Å²) in [6, 6.07) is 19.4. The van der Waals surface area contributed by atoms with E-state index in [1.165, 1.54) is 18.2 Å². The summed E-state index contributed by atoms with van der Waals surface area (Å²) >= 11 is 5.17. The maximum Gasteiger partial charge on any atom is 0.261 e. The third kappa shape index (κ3) is 4.85. The molecular formula is C20H18FN3O2S2. The van der Waals surface area contributed by atoms with E-state index in [-0.39, 0.29) is 15.7 Å². The average Bonchev–Trinajstić information content (AvgIpc) is 2.66. The molecular weight excluding hydrogens is 397 g/mol. The minimum Gasteiger partial charge on any atom is -0.332 e. The van der Waals surface area contributed by atoms with E-state index in [4.69, 9.17) is 12.2 Å². The largest absolute Gasteiger partial charge is 0.332 e. The molecule has 0 aliphatic rings. The number of aryl methyl sites for hydroxylation is 1. The zero-order chi connectivity index (χ0) is 20.1. The highest BCUT2D eigenvalue weighted by atomic mass is 32.2. The normalized spacial score (nSPS) is 10.9. The Balaban J connectivity index is 1.68. The minimum absolute atomic E-state index is 0.120. The summed E-state index contributed by atoms with van der Waals surface area (Å²) in [5.74, 6) is -0.421. The minimum atomic E-state index is -3.71. The second-order valence-electron chi connectivity index (χ2n) is 6.00. The van der Waals surface area contributed by atoms with Gasteiger partial charge in [-0.1, -0.05) is 30.3 Å². The second-order valence-corrected chi connectivity index (χ2v) is 8.09. The molecule has 28 heavy (non-hydrogen) atoms. The van der Waals surface area contributed by atoms with E-state index in [0.29, 0.717) is 11.4 Å². The lowest BCUT2D eigenvalue weighted by atomic mass is 10.2. The van der Waals surface area contributed by atoms with Gasteiger partial charge in [0, 0.05) is 5.69 Å². The van der Waals surface area contributed by atoms with Gasteiger partial charge in [-0.25, -0.2) is 12.8 Å². The molecule has 3 aromatic carbocycles. The molecule has 3 aromatic rings. The van der Waals surface area contributed by atoms with Gasteiger partial charge in [0.15, 0.2) is 5.11 Å². The molecule has 0 fully saturated rings. The highest BCUT2D eigenvalue weighted by molar-refractivity contribution is 7.92. The van der Waals surface area contributed by atoms with E-state index in [1.807, 2.05) is 19.1 Å². The Kier molecular flexibility index (Phi) is 5.91. The summed E-state index contributed by atoms with van der Waals surface area (Å²) in [4.78, 5) is 0.120. The fourth-order valence-electron chi connectivity index (χ4n) is 2.46. The summed E-state index contributed by atoms with van der Waals surface area (Å²) in [6.07, 6.45) is 0. The fourth-order valence-corrected chi connectivity index (χ4v) is 3.81. The predicted octanol–water partition coefficient (Wildman–Crippen LogP) is 4.74. The van der Waals surface area contributed by atoms with Crippen LogP contribution in [0.5, 0.6) is 0 Å². The molecule has 0 saturated carbocycles. The van der Waals surface area contributed by atoms with Crippen molar-refractivity contribution in [2.75, 3.05) is 15.4 Å². The van der Waals surface area contributed by atoms with Crippen LogP contribution in [0.25, 0.3) is 0 Å². The summed E-state index contributed by atoms with van der Waals surface area (Å²) < 4.78 is 41.3. The number of hydrogen-bond acceptors (Lipinski definition) is 3. The first-order valence-electron chi connectivity index (χ1n) is 8.36. The van der Waals surface area contributed by atoms with Gasteiger partial charge in [0.2, 0.25) is 0 Å². The summed E-state index contributed by atoms with van der Waals surface area (Å²) in [7, 11) is -3.71. The standard InChI is InChI=1S/C20H18FN3O2S2/c1-14-6-2-4-8-18(14)24-28(25,26)16-12-10-15(11-13-16)22-20(27)23-19-9-5-3-7-17(19)21/h2-13,24H,1H3,(H2,22,23,27). The zero-order valence-electron chi connectivity index (χ0n) is 14.9. The Hall–Kier alpha value is -2.97. The van der Waals surface area contributed by atoms with Crippen LogP contribution in [0.3, 0.4) is 0 Å². The second kappa shape index (κ2) is 8.37. The van der Waals surface area contributed by atoms with Crippen molar-refractivity contribution in [3.63, 3.8) is 0 Å². The average molecular weight is 416 g/mol. The monoisotopic (exact) mass is 415 g/mol. The van der Waals surface area contributed by atoms with Crippen molar-refractivity contribution in [1.82, 2.24) is 0 Å². The molecule has 0 aliphatic carbocycles. The van der Waals surface area contributed by atoms with Gasteiger partial charge in [-0.05, 0) is 67.2 Å². The van der Waals surface area contributed by atoms with Crippen LogP contribution in [-0.2, 0) is 10.0 Å². The number of halogens is 1. The molecule has 0 aromatic heterocycles. The van der Waals surface area contributed by atoms with Gasteiger partial charge in [0.25, 0.3) is 10.0 Å². The molecule has 0 aliphatic heterocycles. The molecule has 0 radical (unpaired) electrons. The predicted molar refractivity (Wildman–Crippen MR) is 115 cm³/mol. The van der Waals surface area contributed by atoms with Crippen molar-refractivity contribution >= 4 is 44.4 Å². The SMILES string of the molecule is Cc1ccccc1NS(=O)(=O)c1ccc(NC(=S)Nc2ccccc2F)cc1. The lowest BCUT2D eigenvalue weighted by molar-refractivity contribution is 0.601. The summed E-state index contributed by atoms with van der Waals surface area (Å²) in [5, 5.41) is 5.84. The number of para-hydroxylation sites is 2. The summed E-state index contributed by atoms with van der Waals surface area (Å²) in [6.45, 7) is 1.83. The van der Waals surface area contributed by atoms with Gasteiger partial charge >= 0.3 is 0 Å². The molecule has 0 amide bonds. The third-order valence-corrected chi connectivity index (χ3v) is 5.52. The number of nitrogens with one attached hydrogen (secondary N) is 3. The van der Waals surface area contributed by atoms with E-state index in [2.05, 4.69) is 15.4 Å². The van der Waals surface area contributed by atoms with Gasteiger partial charge in [-0.15, -0.1) is 0 Å². The Bertz CT molecular complexity index is 1100. The van der Waals surface area contributed by atoms with E-state index in [9.17, 15) is 12.8 Å². The zero-order valence-corrected chi connectivity index (χ0v) is 16.6. The Labute approximate surface area is 168 Å². The number of anilines is 3. The summed E-state index contributed by atoms with van der Waals surface area (Å²) in [5.41, 5.74) is 2.18. The van der Waals surface area contributed by atoms with Crippen LogP contribution in [-0.4, -0.2) is 13.5 Å². The van der Waals surface area contributed by atoms with Crippen LogP contribution in [0.15, 0.2) is 77.7 Å². The van der Waals surface area contributed by atoms with Crippen molar-refractivity contribution < 1.29 is 12.8 Å². The molecule has 0 atom stereocenters.